The van der Waals surface area contributed by atoms with Crippen LogP contribution in [0.2, 0.25) is 0 Å². The number of carbonyl (C=O) groups excluding carboxylic acids is 1. The SMILES string of the molecule is COc1ccc(NC(=O)CCSc2nnnn2-c2ccccc2)c(OC)c1. The first-order valence-corrected chi connectivity index (χ1v) is 9.18. The van der Waals surface area contributed by atoms with Crippen LogP contribution in [0.5, 0.6) is 11.5 Å². The Morgan fingerprint density at radius 1 is 1.15 bits per heavy atom. The highest BCUT2D eigenvalue weighted by molar-refractivity contribution is 7.99. The summed E-state index contributed by atoms with van der Waals surface area (Å²) in [6.45, 7) is 0. The molecule has 3 aromatic rings. The number of rotatable bonds is 8. The molecule has 0 aliphatic rings. The normalized spacial score (nSPS) is 10.4. The topological polar surface area (TPSA) is 91.2 Å². The minimum Gasteiger partial charge on any atom is -0.497 e. The fourth-order valence-electron chi connectivity index (χ4n) is 2.35. The van der Waals surface area contributed by atoms with Crippen LogP contribution < -0.4 is 14.8 Å². The molecular formula is C18H19N5O3S. The second-order valence-electron chi connectivity index (χ2n) is 5.42. The van der Waals surface area contributed by atoms with E-state index in [0.717, 1.165) is 5.69 Å². The molecule has 0 bridgehead atoms. The van der Waals surface area contributed by atoms with E-state index in [-0.39, 0.29) is 5.91 Å². The fraction of sp³-hybridized carbons (Fsp3) is 0.222. The molecular weight excluding hydrogens is 366 g/mol. The Bertz CT molecular complexity index is 901. The Hall–Kier alpha value is -3.07. The number of methoxy groups -OCH3 is 2. The zero-order valence-electron chi connectivity index (χ0n) is 15.0. The van der Waals surface area contributed by atoms with Crippen molar-refractivity contribution in [3.63, 3.8) is 0 Å². The van der Waals surface area contributed by atoms with Crippen molar-refractivity contribution in [2.75, 3.05) is 25.3 Å². The minimum atomic E-state index is -0.121. The smallest absolute Gasteiger partial charge is 0.225 e. The summed E-state index contributed by atoms with van der Waals surface area (Å²) in [7, 11) is 3.12. The molecule has 0 aliphatic heterocycles. The first-order valence-electron chi connectivity index (χ1n) is 8.19. The van der Waals surface area contributed by atoms with Crippen molar-refractivity contribution in [3.8, 4) is 17.2 Å². The Balaban J connectivity index is 1.56. The number of aromatic nitrogens is 4. The summed E-state index contributed by atoms with van der Waals surface area (Å²) in [4.78, 5) is 12.2. The van der Waals surface area contributed by atoms with Crippen molar-refractivity contribution >= 4 is 23.4 Å². The Labute approximate surface area is 160 Å². The number of hydrogen-bond donors (Lipinski definition) is 1. The van der Waals surface area contributed by atoms with E-state index in [0.29, 0.717) is 34.5 Å². The number of anilines is 1. The number of nitrogens with zero attached hydrogens (tertiary/aromatic N) is 4. The molecule has 0 saturated carbocycles. The average Bonchev–Trinajstić information content (AvgIpc) is 3.17. The van der Waals surface area contributed by atoms with Gasteiger partial charge in [-0.2, -0.15) is 4.68 Å². The van der Waals surface area contributed by atoms with Gasteiger partial charge >= 0.3 is 0 Å². The summed E-state index contributed by atoms with van der Waals surface area (Å²) in [6.07, 6.45) is 0.307. The number of thioether (sulfide) groups is 1. The fourth-order valence-corrected chi connectivity index (χ4v) is 3.18. The first kappa shape index (κ1) is 18.7. The number of carbonyl (C=O) groups is 1. The summed E-state index contributed by atoms with van der Waals surface area (Å²) in [5.41, 5.74) is 1.47. The lowest BCUT2D eigenvalue weighted by Gasteiger charge is -2.11. The quantitative estimate of drug-likeness (QED) is 0.596. The lowest BCUT2D eigenvalue weighted by atomic mass is 10.2. The van der Waals surface area contributed by atoms with E-state index in [9.17, 15) is 4.79 Å². The molecule has 27 heavy (non-hydrogen) atoms. The summed E-state index contributed by atoms with van der Waals surface area (Å²) in [6, 6.07) is 14.8. The maximum Gasteiger partial charge on any atom is 0.225 e. The molecule has 1 N–H and O–H groups in total. The third kappa shape index (κ3) is 4.76. The van der Waals surface area contributed by atoms with Crippen molar-refractivity contribution in [2.24, 2.45) is 0 Å². The van der Waals surface area contributed by atoms with Gasteiger partial charge in [-0.3, -0.25) is 4.79 Å². The van der Waals surface area contributed by atoms with Crippen LogP contribution in [0.4, 0.5) is 5.69 Å². The number of tetrazole rings is 1. The molecule has 0 fully saturated rings. The van der Waals surface area contributed by atoms with Crippen LogP contribution >= 0.6 is 11.8 Å². The van der Waals surface area contributed by atoms with Gasteiger partial charge in [-0.15, -0.1) is 5.10 Å². The van der Waals surface area contributed by atoms with Crippen LogP contribution in [-0.4, -0.2) is 46.1 Å². The molecule has 1 heterocycles. The number of hydrogen-bond acceptors (Lipinski definition) is 7. The van der Waals surface area contributed by atoms with Crippen LogP contribution in [0.1, 0.15) is 6.42 Å². The van der Waals surface area contributed by atoms with Gasteiger partial charge in [0.1, 0.15) is 11.5 Å². The molecule has 0 saturated heterocycles. The highest BCUT2D eigenvalue weighted by Crippen LogP contribution is 2.29. The second kappa shape index (κ2) is 9.04. The van der Waals surface area contributed by atoms with Crippen molar-refractivity contribution in [3.05, 3.63) is 48.5 Å². The number of benzene rings is 2. The molecule has 1 aromatic heterocycles. The summed E-state index contributed by atoms with van der Waals surface area (Å²) >= 11 is 1.42. The van der Waals surface area contributed by atoms with Crippen molar-refractivity contribution in [1.29, 1.82) is 0 Å². The number of para-hydroxylation sites is 1. The van der Waals surface area contributed by atoms with E-state index in [2.05, 4.69) is 20.8 Å². The van der Waals surface area contributed by atoms with Crippen molar-refractivity contribution in [2.45, 2.75) is 11.6 Å². The Morgan fingerprint density at radius 3 is 2.70 bits per heavy atom. The number of nitrogens with one attached hydrogen (secondary N) is 1. The first-order chi connectivity index (χ1) is 13.2. The van der Waals surface area contributed by atoms with E-state index in [1.165, 1.54) is 11.8 Å². The third-order valence-corrected chi connectivity index (χ3v) is 4.61. The van der Waals surface area contributed by atoms with E-state index >= 15 is 0 Å². The van der Waals surface area contributed by atoms with Gasteiger partial charge in [-0.25, -0.2) is 0 Å². The lowest BCUT2D eigenvalue weighted by molar-refractivity contribution is -0.115. The van der Waals surface area contributed by atoms with Gasteiger partial charge < -0.3 is 14.8 Å². The van der Waals surface area contributed by atoms with E-state index < -0.39 is 0 Å². The molecule has 0 unspecified atom stereocenters. The second-order valence-corrected chi connectivity index (χ2v) is 6.48. The third-order valence-electron chi connectivity index (χ3n) is 3.68. The summed E-state index contributed by atoms with van der Waals surface area (Å²) in [5, 5.41) is 15.2. The van der Waals surface area contributed by atoms with Gasteiger partial charge in [-0.05, 0) is 34.7 Å². The van der Waals surface area contributed by atoms with Crippen molar-refractivity contribution < 1.29 is 14.3 Å². The van der Waals surface area contributed by atoms with Crippen LogP contribution in [0, 0.1) is 0 Å². The number of ether oxygens (including phenoxy) is 2. The van der Waals surface area contributed by atoms with E-state index in [1.807, 2.05) is 30.3 Å². The van der Waals surface area contributed by atoms with Crippen molar-refractivity contribution in [1.82, 2.24) is 20.2 Å². The lowest BCUT2D eigenvalue weighted by Crippen LogP contribution is -2.13. The zero-order valence-corrected chi connectivity index (χ0v) is 15.8. The molecule has 0 atom stereocenters. The highest BCUT2D eigenvalue weighted by atomic mass is 32.2. The van der Waals surface area contributed by atoms with Gasteiger partial charge in [0.2, 0.25) is 11.1 Å². The van der Waals surface area contributed by atoms with Gasteiger partial charge in [-0.1, -0.05) is 30.0 Å². The van der Waals surface area contributed by atoms with Gasteiger partial charge in [0.15, 0.2) is 0 Å². The molecule has 3 rings (SSSR count). The molecule has 8 nitrogen and oxygen atoms in total. The minimum absolute atomic E-state index is 0.121. The van der Waals surface area contributed by atoms with Gasteiger partial charge in [0.25, 0.3) is 0 Å². The van der Waals surface area contributed by atoms with E-state index in [1.54, 1.807) is 37.1 Å². The average molecular weight is 385 g/mol. The highest BCUT2D eigenvalue weighted by Gasteiger charge is 2.12. The Kier molecular flexibility index (Phi) is 6.26. The number of amides is 1. The standard InChI is InChI=1S/C18H19N5O3S/c1-25-14-8-9-15(16(12-14)26-2)19-17(24)10-11-27-18-20-21-22-23(18)13-6-4-3-5-7-13/h3-9,12H,10-11H2,1-2H3,(H,19,24). The molecule has 140 valence electrons. The van der Waals surface area contributed by atoms with Crippen LogP contribution in [0.15, 0.2) is 53.7 Å². The molecule has 1 amide bonds. The van der Waals surface area contributed by atoms with E-state index in [4.69, 9.17) is 9.47 Å². The maximum absolute atomic E-state index is 12.2. The van der Waals surface area contributed by atoms with Crippen LogP contribution in [0.25, 0.3) is 5.69 Å². The molecule has 0 radical (unpaired) electrons. The Morgan fingerprint density at radius 2 is 1.96 bits per heavy atom. The molecule has 2 aromatic carbocycles. The summed E-state index contributed by atoms with van der Waals surface area (Å²) in [5.74, 6) is 1.62. The predicted molar refractivity (Wildman–Crippen MR) is 103 cm³/mol. The molecule has 0 spiro atoms. The zero-order chi connectivity index (χ0) is 19.1. The largest absolute Gasteiger partial charge is 0.497 e. The predicted octanol–water partition coefficient (Wildman–Crippen LogP) is 2.80. The van der Waals surface area contributed by atoms with Gasteiger partial charge in [0.05, 0.1) is 25.6 Å². The monoisotopic (exact) mass is 385 g/mol. The van der Waals surface area contributed by atoms with Crippen LogP contribution in [0.3, 0.4) is 0 Å². The van der Waals surface area contributed by atoms with Crippen LogP contribution in [-0.2, 0) is 4.79 Å². The maximum atomic E-state index is 12.2. The molecule has 9 heteroatoms. The molecule has 0 aliphatic carbocycles. The summed E-state index contributed by atoms with van der Waals surface area (Å²) < 4.78 is 12.1. The van der Waals surface area contributed by atoms with Gasteiger partial charge in [0, 0.05) is 18.2 Å².